The number of rotatable bonds is 8. The summed E-state index contributed by atoms with van der Waals surface area (Å²) in [6, 6.07) is 4.09. The summed E-state index contributed by atoms with van der Waals surface area (Å²) >= 11 is 7.43. The van der Waals surface area contributed by atoms with Crippen LogP contribution in [0.15, 0.2) is 16.6 Å². The molecular weight excluding hydrogens is 384 g/mol. The summed E-state index contributed by atoms with van der Waals surface area (Å²) in [4.78, 5) is 0.328. The first-order valence-electron chi connectivity index (χ1n) is 7.22. The average Bonchev–Trinajstić information content (AvgIpc) is 2.39. The molecule has 0 spiro atoms. The van der Waals surface area contributed by atoms with E-state index in [1.807, 2.05) is 19.9 Å². The number of alkyl halides is 1. The third-order valence-electron chi connectivity index (χ3n) is 3.00. The highest BCUT2D eigenvalue weighted by Gasteiger charge is 2.16. The van der Waals surface area contributed by atoms with Crippen LogP contribution in [0, 0.1) is 5.92 Å². The third-order valence-corrected chi connectivity index (χ3v) is 4.64. The number of hydrogen-bond acceptors (Lipinski definition) is 2. The Bertz CT molecular complexity index is 419. The fourth-order valence-corrected chi connectivity index (χ4v) is 3.51. The molecule has 0 aliphatic heterocycles. The molecule has 1 aromatic rings. The lowest BCUT2D eigenvalue weighted by Gasteiger charge is -2.18. The normalized spacial score (nSPS) is 12.6. The first kappa shape index (κ1) is 17.8. The molecule has 0 heterocycles. The molecule has 0 aliphatic carbocycles. The van der Waals surface area contributed by atoms with Crippen molar-refractivity contribution in [1.29, 1.82) is 0 Å². The van der Waals surface area contributed by atoms with E-state index >= 15 is 0 Å². The molecule has 114 valence electrons. The zero-order chi connectivity index (χ0) is 15.1. The zero-order valence-corrected chi connectivity index (χ0v) is 15.9. The van der Waals surface area contributed by atoms with Gasteiger partial charge in [0.15, 0.2) is 11.5 Å². The largest absolute Gasteiger partial charge is 0.490 e. The van der Waals surface area contributed by atoms with Crippen molar-refractivity contribution in [2.75, 3.05) is 13.2 Å². The van der Waals surface area contributed by atoms with Crippen molar-refractivity contribution >= 4 is 31.9 Å². The van der Waals surface area contributed by atoms with Crippen LogP contribution in [0.1, 0.15) is 50.9 Å². The maximum atomic E-state index is 5.69. The van der Waals surface area contributed by atoms with Crippen molar-refractivity contribution in [2.45, 2.75) is 45.4 Å². The quantitative estimate of drug-likeness (QED) is 0.483. The lowest BCUT2D eigenvalue weighted by Crippen LogP contribution is -2.01. The van der Waals surface area contributed by atoms with E-state index < -0.39 is 0 Å². The molecule has 1 unspecified atom stereocenters. The Morgan fingerprint density at radius 3 is 2.05 bits per heavy atom. The summed E-state index contributed by atoms with van der Waals surface area (Å²) < 4.78 is 12.4. The van der Waals surface area contributed by atoms with Crippen molar-refractivity contribution in [3.05, 3.63) is 22.2 Å². The molecule has 4 heteroatoms. The highest BCUT2D eigenvalue weighted by atomic mass is 79.9. The van der Waals surface area contributed by atoms with Crippen LogP contribution in [-0.4, -0.2) is 13.2 Å². The minimum Gasteiger partial charge on any atom is -0.490 e. The van der Waals surface area contributed by atoms with E-state index in [4.69, 9.17) is 9.47 Å². The van der Waals surface area contributed by atoms with Gasteiger partial charge in [0, 0.05) is 9.30 Å². The molecule has 0 aromatic heterocycles. The maximum Gasteiger partial charge on any atom is 0.162 e. The van der Waals surface area contributed by atoms with Gasteiger partial charge in [-0.2, -0.15) is 0 Å². The number of hydrogen-bond donors (Lipinski definition) is 0. The van der Waals surface area contributed by atoms with Gasteiger partial charge >= 0.3 is 0 Å². The van der Waals surface area contributed by atoms with Crippen LogP contribution >= 0.6 is 31.9 Å². The number of ether oxygens (including phenoxy) is 2. The second kappa shape index (κ2) is 8.93. The van der Waals surface area contributed by atoms with E-state index in [9.17, 15) is 0 Å². The Morgan fingerprint density at radius 2 is 1.55 bits per heavy atom. The molecular formula is C16H24Br2O2. The Balaban J connectivity index is 2.98. The van der Waals surface area contributed by atoms with Gasteiger partial charge in [0.05, 0.1) is 13.2 Å². The van der Waals surface area contributed by atoms with Crippen LogP contribution in [0.2, 0.25) is 0 Å². The van der Waals surface area contributed by atoms with Gasteiger partial charge in [0.1, 0.15) is 0 Å². The van der Waals surface area contributed by atoms with Gasteiger partial charge in [0.25, 0.3) is 0 Å². The van der Waals surface area contributed by atoms with Gasteiger partial charge in [-0.15, -0.1) is 0 Å². The molecule has 1 rings (SSSR count). The zero-order valence-electron chi connectivity index (χ0n) is 12.7. The van der Waals surface area contributed by atoms with Crippen LogP contribution in [0.3, 0.4) is 0 Å². The Kier molecular flexibility index (Phi) is 7.96. The fourth-order valence-electron chi connectivity index (χ4n) is 1.96. The molecule has 0 amide bonds. The fraction of sp³-hybridized carbons (Fsp3) is 0.625. The average molecular weight is 408 g/mol. The molecule has 0 aliphatic rings. The van der Waals surface area contributed by atoms with Gasteiger partial charge in [-0.3, -0.25) is 0 Å². The predicted octanol–water partition coefficient (Wildman–Crippen LogP) is 6.12. The maximum absolute atomic E-state index is 5.69. The molecule has 0 bridgehead atoms. The van der Waals surface area contributed by atoms with Crippen LogP contribution in [-0.2, 0) is 0 Å². The Hall–Kier alpha value is -0.220. The summed E-state index contributed by atoms with van der Waals surface area (Å²) in [6.45, 7) is 9.74. The minimum absolute atomic E-state index is 0.328. The lowest BCUT2D eigenvalue weighted by atomic mass is 10.0. The van der Waals surface area contributed by atoms with E-state index in [1.165, 1.54) is 12.0 Å². The monoisotopic (exact) mass is 406 g/mol. The summed E-state index contributed by atoms with van der Waals surface area (Å²) in [5.74, 6) is 2.33. The van der Waals surface area contributed by atoms with Crippen molar-refractivity contribution in [2.24, 2.45) is 5.92 Å². The Morgan fingerprint density at radius 1 is 1.00 bits per heavy atom. The molecule has 2 nitrogen and oxygen atoms in total. The van der Waals surface area contributed by atoms with E-state index in [0.717, 1.165) is 22.4 Å². The second-order valence-corrected chi connectivity index (χ2v) is 7.08. The molecule has 0 N–H and O–H groups in total. The lowest BCUT2D eigenvalue weighted by molar-refractivity contribution is 0.287. The van der Waals surface area contributed by atoms with Gasteiger partial charge in [-0.1, -0.05) is 45.7 Å². The van der Waals surface area contributed by atoms with Crippen molar-refractivity contribution < 1.29 is 9.47 Å². The van der Waals surface area contributed by atoms with Crippen LogP contribution < -0.4 is 9.47 Å². The molecule has 20 heavy (non-hydrogen) atoms. The van der Waals surface area contributed by atoms with Crippen molar-refractivity contribution in [1.82, 2.24) is 0 Å². The van der Waals surface area contributed by atoms with E-state index in [1.54, 1.807) is 0 Å². The van der Waals surface area contributed by atoms with Crippen molar-refractivity contribution in [3.63, 3.8) is 0 Å². The first-order valence-corrected chi connectivity index (χ1v) is 8.93. The van der Waals surface area contributed by atoms with Crippen molar-refractivity contribution in [3.8, 4) is 11.5 Å². The molecule has 0 saturated heterocycles. The van der Waals surface area contributed by atoms with Crippen LogP contribution in [0.5, 0.6) is 11.5 Å². The number of halogens is 2. The predicted molar refractivity (Wildman–Crippen MR) is 92.2 cm³/mol. The standard InChI is InChI=1S/C16H24Br2O2/c1-5-19-15-9-12(13(17)8-7-11(3)4)14(18)10-16(15)20-6-2/h9-11,13H,5-8H2,1-4H3. The highest BCUT2D eigenvalue weighted by Crippen LogP contribution is 2.41. The first-order chi connectivity index (χ1) is 9.49. The van der Waals surface area contributed by atoms with Crippen LogP contribution in [0.4, 0.5) is 0 Å². The SMILES string of the molecule is CCOc1cc(Br)c(C(Br)CCC(C)C)cc1OCC. The topological polar surface area (TPSA) is 18.5 Å². The smallest absolute Gasteiger partial charge is 0.162 e. The van der Waals surface area contributed by atoms with Gasteiger partial charge < -0.3 is 9.47 Å². The van der Waals surface area contributed by atoms with E-state index in [-0.39, 0.29) is 0 Å². The molecule has 0 radical (unpaired) electrons. The molecule has 0 fully saturated rings. The van der Waals surface area contributed by atoms with Gasteiger partial charge in [-0.05, 0) is 50.3 Å². The van der Waals surface area contributed by atoms with E-state index in [2.05, 4.69) is 51.8 Å². The number of benzene rings is 1. The molecule has 0 saturated carbocycles. The summed E-state index contributed by atoms with van der Waals surface area (Å²) in [6.07, 6.45) is 2.30. The van der Waals surface area contributed by atoms with Crippen LogP contribution in [0.25, 0.3) is 0 Å². The second-order valence-electron chi connectivity index (χ2n) is 5.13. The highest BCUT2D eigenvalue weighted by molar-refractivity contribution is 9.11. The Labute approximate surface area is 139 Å². The summed E-state index contributed by atoms with van der Waals surface area (Å²) in [5, 5.41) is 0. The molecule has 1 aromatic carbocycles. The third kappa shape index (κ3) is 5.28. The van der Waals surface area contributed by atoms with Gasteiger partial charge in [0.2, 0.25) is 0 Å². The molecule has 1 atom stereocenters. The van der Waals surface area contributed by atoms with Gasteiger partial charge in [-0.25, -0.2) is 0 Å². The summed E-state index contributed by atoms with van der Waals surface area (Å²) in [7, 11) is 0. The minimum atomic E-state index is 0.328. The van der Waals surface area contributed by atoms with E-state index in [0.29, 0.717) is 24.0 Å². The summed E-state index contributed by atoms with van der Waals surface area (Å²) in [5.41, 5.74) is 1.22.